The molecular formula is C31H37Cl2N3O5S. The monoisotopic (exact) mass is 633 g/mol. The predicted octanol–water partition coefficient (Wildman–Crippen LogP) is 6.23. The Morgan fingerprint density at radius 2 is 1.67 bits per heavy atom. The van der Waals surface area contributed by atoms with Gasteiger partial charge in [0, 0.05) is 28.7 Å². The Kier molecular flexibility index (Phi) is 11.7. The van der Waals surface area contributed by atoms with Crippen LogP contribution in [-0.4, -0.2) is 50.9 Å². The second-order valence-electron chi connectivity index (χ2n) is 10.0. The molecule has 42 heavy (non-hydrogen) atoms. The normalized spacial score (nSPS) is 12.7. The van der Waals surface area contributed by atoms with Gasteiger partial charge in [0.05, 0.1) is 17.7 Å². The van der Waals surface area contributed by atoms with E-state index in [4.69, 9.17) is 27.9 Å². The van der Waals surface area contributed by atoms with Gasteiger partial charge in [-0.1, -0.05) is 66.9 Å². The quantitative estimate of drug-likeness (QED) is 0.241. The molecule has 0 fully saturated rings. The number of halogens is 2. The summed E-state index contributed by atoms with van der Waals surface area (Å²) in [4.78, 5) is 29.0. The van der Waals surface area contributed by atoms with Gasteiger partial charge in [0.2, 0.25) is 11.8 Å². The third kappa shape index (κ3) is 8.18. The highest BCUT2D eigenvalue weighted by Crippen LogP contribution is 2.29. The van der Waals surface area contributed by atoms with Crippen LogP contribution in [0.25, 0.3) is 0 Å². The molecule has 11 heteroatoms. The van der Waals surface area contributed by atoms with Gasteiger partial charge in [0.1, 0.15) is 18.3 Å². The van der Waals surface area contributed by atoms with Gasteiger partial charge in [-0.15, -0.1) is 0 Å². The Morgan fingerprint density at radius 1 is 0.976 bits per heavy atom. The molecule has 0 aliphatic rings. The molecule has 0 aromatic heterocycles. The van der Waals surface area contributed by atoms with E-state index in [1.165, 1.54) is 24.1 Å². The fourth-order valence-corrected chi connectivity index (χ4v) is 6.20. The number of amides is 2. The molecule has 1 N–H and O–H groups in total. The van der Waals surface area contributed by atoms with Gasteiger partial charge in [-0.05, 0) is 68.7 Å². The van der Waals surface area contributed by atoms with Crippen molar-refractivity contribution < 1.29 is 22.7 Å². The van der Waals surface area contributed by atoms with Crippen LogP contribution in [0.3, 0.4) is 0 Å². The molecule has 2 atom stereocenters. The Bertz CT molecular complexity index is 1500. The molecule has 226 valence electrons. The van der Waals surface area contributed by atoms with E-state index in [1.807, 2.05) is 20.8 Å². The number of ether oxygens (including phenoxy) is 1. The first-order valence-corrected chi connectivity index (χ1v) is 15.9. The fourth-order valence-electron chi connectivity index (χ4n) is 4.33. The van der Waals surface area contributed by atoms with E-state index in [2.05, 4.69) is 5.32 Å². The van der Waals surface area contributed by atoms with Crippen LogP contribution in [0.2, 0.25) is 10.0 Å². The highest BCUT2D eigenvalue weighted by molar-refractivity contribution is 7.92. The molecule has 2 amide bonds. The Labute approximate surface area is 258 Å². The van der Waals surface area contributed by atoms with Gasteiger partial charge in [-0.2, -0.15) is 0 Å². The number of hydrogen-bond donors (Lipinski definition) is 1. The fraction of sp³-hybridized carbons (Fsp3) is 0.355. The number of benzene rings is 3. The molecule has 0 aliphatic carbocycles. The Balaban J connectivity index is 2.10. The molecule has 0 heterocycles. The van der Waals surface area contributed by atoms with E-state index < -0.39 is 28.5 Å². The number of nitrogens with zero attached hydrogens (tertiary/aromatic N) is 2. The van der Waals surface area contributed by atoms with Crippen molar-refractivity contribution in [3.05, 3.63) is 87.9 Å². The second kappa shape index (κ2) is 14.8. The van der Waals surface area contributed by atoms with Crippen molar-refractivity contribution in [2.24, 2.45) is 0 Å². The smallest absolute Gasteiger partial charge is 0.264 e. The summed E-state index contributed by atoms with van der Waals surface area (Å²) >= 11 is 12.6. The highest BCUT2D eigenvalue weighted by atomic mass is 35.5. The number of methoxy groups -OCH3 is 1. The third-order valence-corrected chi connectivity index (χ3v) is 9.35. The molecule has 0 saturated carbocycles. The van der Waals surface area contributed by atoms with Crippen molar-refractivity contribution in [1.82, 2.24) is 10.2 Å². The summed E-state index contributed by atoms with van der Waals surface area (Å²) in [6.45, 7) is 6.89. The number of aryl methyl sites for hydroxylation is 1. The maximum atomic E-state index is 14.2. The molecule has 8 nitrogen and oxygen atoms in total. The molecule has 3 rings (SSSR count). The van der Waals surface area contributed by atoms with E-state index >= 15 is 0 Å². The number of anilines is 1. The van der Waals surface area contributed by atoms with Crippen LogP contribution in [0.15, 0.2) is 71.6 Å². The summed E-state index contributed by atoms with van der Waals surface area (Å²) in [5, 5.41) is 3.71. The van der Waals surface area contributed by atoms with Crippen LogP contribution < -0.4 is 14.4 Å². The number of carbonyl (C=O) groups is 2. The first-order chi connectivity index (χ1) is 19.9. The zero-order valence-corrected chi connectivity index (χ0v) is 26.8. The number of rotatable bonds is 13. The summed E-state index contributed by atoms with van der Waals surface area (Å²) in [6, 6.07) is 16.8. The van der Waals surface area contributed by atoms with Crippen LogP contribution >= 0.6 is 23.2 Å². The largest absolute Gasteiger partial charge is 0.497 e. The lowest BCUT2D eigenvalue weighted by molar-refractivity contribution is -0.140. The average Bonchev–Trinajstić information content (AvgIpc) is 2.96. The van der Waals surface area contributed by atoms with E-state index in [9.17, 15) is 18.0 Å². The molecular weight excluding hydrogens is 597 g/mol. The van der Waals surface area contributed by atoms with E-state index in [-0.39, 0.29) is 29.1 Å². The average molecular weight is 635 g/mol. The molecule has 0 radical (unpaired) electrons. The standard InChI is InChI=1S/C31H37Cl2N3O5S/c1-6-22(4)34-31(38)29(7-2)35(19-23-13-14-24(32)17-28(23)33)30(37)20-36(25-9-8-10-26(18-25)41-5)42(39,40)27-15-11-21(3)12-16-27/h8-18,22,29H,6-7,19-20H2,1-5H3,(H,34,38). The molecule has 0 saturated heterocycles. The predicted molar refractivity (Wildman–Crippen MR) is 168 cm³/mol. The number of sulfonamides is 1. The SMILES string of the molecule is CCC(C)NC(=O)C(CC)N(Cc1ccc(Cl)cc1Cl)C(=O)CN(c1cccc(OC)c1)S(=O)(=O)c1ccc(C)cc1. The topological polar surface area (TPSA) is 96.0 Å². The minimum Gasteiger partial charge on any atom is -0.497 e. The van der Waals surface area contributed by atoms with Crippen molar-refractivity contribution in [3.63, 3.8) is 0 Å². The Hall–Kier alpha value is -3.27. The summed E-state index contributed by atoms with van der Waals surface area (Å²) in [5.41, 5.74) is 1.70. The maximum absolute atomic E-state index is 14.2. The highest BCUT2D eigenvalue weighted by Gasteiger charge is 2.34. The Morgan fingerprint density at radius 3 is 2.26 bits per heavy atom. The molecule has 3 aromatic rings. The lowest BCUT2D eigenvalue weighted by Gasteiger charge is -2.34. The molecule has 3 aromatic carbocycles. The van der Waals surface area contributed by atoms with Crippen LogP contribution in [-0.2, 0) is 26.2 Å². The van der Waals surface area contributed by atoms with Crippen LogP contribution in [0.4, 0.5) is 5.69 Å². The summed E-state index contributed by atoms with van der Waals surface area (Å²) in [5.74, 6) is -0.487. The minimum atomic E-state index is -4.20. The zero-order chi connectivity index (χ0) is 31.0. The van der Waals surface area contributed by atoms with Gasteiger partial charge >= 0.3 is 0 Å². The summed E-state index contributed by atoms with van der Waals surface area (Å²) < 4.78 is 34.4. The first kappa shape index (κ1) is 33.2. The van der Waals surface area contributed by atoms with Crippen molar-refractivity contribution >= 4 is 50.7 Å². The zero-order valence-electron chi connectivity index (χ0n) is 24.4. The molecule has 2 unspecified atom stereocenters. The molecule has 0 bridgehead atoms. The molecule has 0 aliphatic heterocycles. The summed E-state index contributed by atoms with van der Waals surface area (Å²) in [6.07, 6.45) is 1.00. The maximum Gasteiger partial charge on any atom is 0.264 e. The van der Waals surface area contributed by atoms with Crippen LogP contribution in [0, 0.1) is 6.92 Å². The number of nitrogens with one attached hydrogen (secondary N) is 1. The van der Waals surface area contributed by atoms with Crippen molar-refractivity contribution in [3.8, 4) is 5.75 Å². The first-order valence-electron chi connectivity index (χ1n) is 13.7. The number of hydrogen-bond acceptors (Lipinski definition) is 5. The van der Waals surface area contributed by atoms with Gasteiger partial charge < -0.3 is 15.0 Å². The van der Waals surface area contributed by atoms with Crippen molar-refractivity contribution in [2.45, 2.75) is 64.1 Å². The van der Waals surface area contributed by atoms with E-state index in [1.54, 1.807) is 61.5 Å². The van der Waals surface area contributed by atoms with Crippen LogP contribution in [0.5, 0.6) is 5.75 Å². The minimum absolute atomic E-state index is 0.0255. The number of carbonyl (C=O) groups excluding carboxylic acids is 2. The lowest BCUT2D eigenvalue weighted by atomic mass is 10.1. The second-order valence-corrected chi connectivity index (χ2v) is 12.7. The van der Waals surface area contributed by atoms with Gasteiger partial charge in [0.25, 0.3) is 10.0 Å². The van der Waals surface area contributed by atoms with Gasteiger partial charge in [-0.3, -0.25) is 13.9 Å². The van der Waals surface area contributed by atoms with Gasteiger partial charge in [-0.25, -0.2) is 8.42 Å². The summed E-state index contributed by atoms with van der Waals surface area (Å²) in [7, 11) is -2.73. The van der Waals surface area contributed by atoms with Crippen molar-refractivity contribution in [2.75, 3.05) is 18.0 Å². The third-order valence-electron chi connectivity index (χ3n) is 6.97. The lowest BCUT2D eigenvalue weighted by Crippen LogP contribution is -2.53. The van der Waals surface area contributed by atoms with Crippen LogP contribution in [0.1, 0.15) is 44.7 Å². The van der Waals surface area contributed by atoms with Gasteiger partial charge in [0.15, 0.2) is 0 Å². The van der Waals surface area contributed by atoms with E-state index in [0.717, 1.165) is 9.87 Å². The van der Waals surface area contributed by atoms with E-state index in [0.29, 0.717) is 34.2 Å². The molecule has 0 spiro atoms. The van der Waals surface area contributed by atoms with Crippen molar-refractivity contribution in [1.29, 1.82) is 0 Å².